The first-order valence-electron chi connectivity index (χ1n) is 12.2. The molecule has 2 N–H and O–H groups in total. The molecule has 3 nitrogen and oxygen atoms in total. The average molecular weight is 430 g/mol. The van der Waals surface area contributed by atoms with Crippen LogP contribution in [0.25, 0.3) is 0 Å². The number of carbonyl (C=O) groups excluding carboxylic acids is 1. The molecule has 0 aromatic carbocycles. The summed E-state index contributed by atoms with van der Waals surface area (Å²) >= 11 is 0. The fourth-order valence-electron chi connectivity index (χ4n) is 6.57. The summed E-state index contributed by atoms with van der Waals surface area (Å²) in [6.45, 7) is 26.3. The number of fused-ring (bicyclic) bond motifs is 2. The summed E-state index contributed by atoms with van der Waals surface area (Å²) < 4.78 is 0. The molecule has 3 heteroatoms. The van der Waals surface area contributed by atoms with E-state index < -0.39 is 11.5 Å². The van der Waals surface area contributed by atoms with E-state index in [2.05, 4.69) is 79.8 Å². The van der Waals surface area contributed by atoms with Gasteiger partial charge in [0.2, 0.25) is 0 Å². The van der Waals surface area contributed by atoms with Gasteiger partial charge in [-0.15, -0.1) is 0 Å². The molecular weight excluding hydrogens is 382 g/mol. The van der Waals surface area contributed by atoms with Crippen LogP contribution in [0.5, 0.6) is 0 Å². The first kappa shape index (κ1) is 24.7. The second-order valence-electron chi connectivity index (χ2n) is 14.5. The number of aliphatic hydroxyl groups is 1. The number of aliphatic hydroxyl groups excluding tert-OH is 1. The van der Waals surface area contributed by atoms with Crippen molar-refractivity contribution in [3.05, 3.63) is 23.3 Å². The highest BCUT2D eigenvalue weighted by Gasteiger charge is 2.65. The van der Waals surface area contributed by atoms with E-state index in [0.717, 1.165) is 6.42 Å². The van der Waals surface area contributed by atoms with Crippen LogP contribution in [0, 0.1) is 39.4 Å². The van der Waals surface area contributed by atoms with Crippen molar-refractivity contribution in [1.29, 1.82) is 0 Å². The molecule has 176 valence electrons. The van der Waals surface area contributed by atoms with Gasteiger partial charge in [-0.3, -0.25) is 4.79 Å². The lowest BCUT2D eigenvalue weighted by atomic mass is 9.56. The molecule has 0 saturated carbocycles. The van der Waals surface area contributed by atoms with Gasteiger partial charge < -0.3 is 10.4 Å². The summed E-state index contributed by atoms with van der Waals surface area (Å²) in [5.41, 5.74) is 1.77. The van der Waals surface area contributed by atoms with E-state index in [4.69, 9.17) is 0 Å². The molecule has 0 amide bonds. The molecule has 1 saturated heterocycles. The Labute approximate surface area is 191 Å². The van der Waals surface area contributed by atoms with Crippen molar-refractivity contribution in [2.24, 2.45) is 39.4 Å². The minimum Gasteiger partial charge on any atom is -0.392 e. The number of hydrogen-bond acceptors (Lipinski definition) is 3. The maximum atomic E-state index is 13.6. The molecule has 0 aromatic heterocycles. The molecule has 0 radical (unpaired) electrons. The molecule has 1 aliphatic heterocycles. The van der Waals surface area contributed by atoms with E-state index in [1.807, 2.05) is 20.8 Å². The highest BCUT2D eigenvalue weighted by atomic mass is 16.3. The van der Waals surface area contributed by atoms with Gasteiger partial charge in [0.25, 0.3) is 0 Å². The molecular formula is C28H47NO2. The zero-order valence-corrected chi connectivity index (χ0v) is 22.1. The topological polar surface area (TPSA) is 49.3 Å². The predicted molar refractivity (Wildman–Crippen MR) is 130 cm³/mol. The van der Waals surface area contributed by atoms with E-state index in [1.165, 1.54) is 11.1 Å². The van der Waals surface area contributed by atoms with Gasteiger partial charge in [0.05, 0.1) is 12.0 Å². The summed E-state index contributed by atoms with van der Waals surface area (Å²) in [7, 11) is 0. The van der Waals surface area contributed by atoms with Gasteiger partial charge in [0, 0.05) is 28.8 Å². The summed E-state index contributed by atoms with van der Waals surface area (Å²) in [6, 6.07) is -0.0563. The van der Waals surface area contributed by atoms with Crippen LogP contribution in [0.2, 0.25) is 0 Å². The van der Waals surface area contributed by atoms with E-state index in [9.17, 15) is 9.90 Å². The fraction of sp³-hybridized carbons (Fsp3) is 0.821. The van der Waals surface area contributed by atoms with Crippen LogP contribution in [0.1, 0.15) is 89.5 Å². The molecule has 3 aliphatic rings. The van der Waals surface area contributed by atoms with Gasteiger partial charge in [-0.05, 0) is 22.7 Å². The first-order chi connectivity index (χ1) is 13.7. The molecule has 0 aromatic rings. The molecule has 6 atom stereocenters. The number of carbonyl (C=O) groups is 1. The molecule has 0 spiro atoms. The SMILES string of the molecule is CC(C)(C)C(=O)[C@H]1C=C(C(C)(C)C)[C@@H]2[C@H](O)[C@H]3C(C(C)(C)C)=CC[C@@]3(C(C)(C)C)N[C@@H]21. The fourth-order valence-corrected chi connectivity index (χ4v) is 6.57. The Balaban J connectivity index is 2.18. The summed E-state index contributed by atoms with van der Waals surface area (Å²) in [5.74, 6) is 0.0716. The average Bonchev–Trinajstić information content (AvgIpc) is 3.12. The van der Waals surface area contributed by atoms with E-state index in [1.54, 1.807) is 0 Å². The van der Waals surface area contributed by atoms with Crippen LogP contribution in [-0.2, 0) is 4.79 Å². The van der Waals surface area contributed by atoms with Crippen molar-refractivity contribution >= 4 is 5.78 Å². The van der Waals surface area contributed by atoms with Crippen LogP contribution in [0.4, 0.5) is 0 Å². The van der Waals surface area contributed by atoms with Crippen LogP contribution < -0.4 is 5.32 Å². The van der Waals surface area contributed by atoms with E-state index in [-0.39, 0.29) is 51.4 Å². The van der Waals surface area contributed by atoms with E-state index >= 15 is 0 Å². The molecule has 1 heterocycles. The Morgan fingerprint density at radius 3 is 1.87 bits per heavy atom. The number of rotatable bonds is 1. The monoisotopic (exact) mass is 429 g/mol. The van der Waals surface area contributed by atoms with Crippen LogP contribution in [-0.4, -0.2) is 28.6 Å². The lowest BCUT2D eigenvalue weighted by Gasteiger charge is -2.59. The standard InChI is InChI=1S/C28H47NO2/c1-24(2,3)17-13-14-28(27(10,11)12)20(17)22(30)19-18(25(4,5)6)15-16(21(19)29-28)23(31)26(7,8)9/h13,15-16,19-22,29-30H,14H2,1-12H3/t16-,19-,20+,21+,22-,28+/m0/s1. The second-order valence-corrected chi connectivity index (χ2v) is 14.5. The smallest absolute Gasteiger partial charge is 0.146 e. The van der Waals surface area contributed by atoms with Gasteiger partial charge in [-0.1, -0.05) is 106 Å². The van der Waals surface area contributed by atoms with Crippen molar-refractivity contribution in [3.8, 4) is 0 Å². The third-order valence-corrected chi connectivity index (χ3v) is 8.25. The Hall–Kier alpha value is -0.930. The Morgan fingerprint density at radius 2 is 1.45 bits per heavy atom. The second kappa shape index (κ2) is 7.03. The molecule has 0 unspecified atom stereocenters. The largest absolute Gasteiger partial charge is 0.392 e. The van der Waals surface area contributed by atoms with E-state index in [0.29, 0.717) is 0 Å². The summed E-state index contributed by atoms with van der Waals surface area (Å²) in [4.78, 5) is 13.6. The van der Waals surface area contributed by atoms with Crippen LogP contribution in [0.15, 0.2) is 23.3 Å². The minimum atomic E-state index is -0.498. The van der Waals surface area contributed by atoms with Gasteiger partial charge in [0.1, 0.15) is 5.78 Å². The van der Waals surface area contributed by atoms with Crippen molar-refractivity contribution in [2.45, 2.75) is 107 Å². The molecule has 31 heavy (non-hydrogen) atoms. The van der Waals surface area contributed by atoms with Gasteiger partial charge in [-0.25, -0.2) is 0 Å². The van der Waals surface area contributed by atoms with Crippen LogP contribution >= 0.6 is 0 Å². The lowest BCUT2D eigenvalue weighted by molar-refractivity contribution is -0.132. The molecule has 3 rings (SSSR count). The third kappa shape index (κ3) is 3.78. The number of hydrogen-bond donors (Lipinski definition) is 2. The van der Waals surface area contributed by atoms with Gasteiger partial charge in [0.15, 0.2) is 0 Å². The number of Topliss-reactive ketones (excluding diaryl/α,β-unsaturated/α-hetero) is 1. The Kier molecular flexibility index (Phi) is 5.61. The molecule has 2 aliphatic carbocycles. The number of piperidine rings is 1. The van der Waals surface area contributed by atoms with Crippen molar-refractivity contribution in [3.63, 3.8) is 0 Å². The predicted octanol–water partition coefficient (Wildman–Crippen LogP) is 5.93. The molecule has 0 bridgehead atoms. The number of ketones is 1. The van der Waals surface area contributed by atoms with Crippen molar-refractivity contribution < 1.29 is 9.90 Å². The maximum absolute atomic E-state index is 13.6. The van der Waals surface area contributed by atoms with Crippen molar-refractivity contribution in [1.82, 2.24) is 5.32 Å². The normalized spacial score (nSPS) is 36.6. The zero-order valence-electron chi connectivity index (χ0n) is 22.1. The molecule has 1 fully saturated rings. The first-order valence-corrected chi connectivity index (χ1v) is 12.2. The third-order valence-electron chi connectivity index (χ3n) is 8.25. The Morgan fingerprint density at radius 1 is 0.935 bits per heavy atom. The zero-order chi connectivity index (χ0) is 23.9. The Bertz CT molecular complexity index is 806. The highest BCUT2D eigenvalue weighted by Crippen LogP contribution is 2.60. The maximum Gasteiger partial charge on any atom is 0.146 e. The summed E-state index contributed by atoms with van der Waals surface area (Å²) in [6.07, 6.45) is 5.00. The van der Waals surface area contributed by atoms with Gasteiger partial charge >= 0.3 is 0 Å². The van der Waals surface area contributed by atoms with Crippen molar-refractivity contribution in [2.75, 3.05) is 0 Å². The number of nitrogens with one attached hydrogen (secondary N) is 1. The van der Waals surface area contributed by atoms with Gasteiger partial charge in [-0.2, -0.15) is 0 Å². The lowest BCUT2D eigenvalue weighted by Crippen LogP contribution is -2.72. The highest BCUT2D eigenvalue weighted by molar-refractivity contribution is 5.89. The van der Waals surface area contributed by atoms with Crippen LogP contribution in [0.3, 0.4) is 0 Å². The minimum absolute atomic E-state index is 0.00198. The quantitative estimate of drug-likeness (QED) is 0.508. The summed E-state index contributed by atoms with van der Waals surface area (Å²) in [5, 5.41) is 16.2.